The topological polar surface area (TPSA) is 132 Å². The molecule has 0 aliphatic heterocycles. The van der Waals surface area contributed by atoms with Crippen molar-refractivity contribution >= 4 is 23.7 Å². The Morgan fingerprint density at radius 3 is 2.35 bits per heavy atom. The normalized spacial score (nSPS) is 11.9. The molecule has 9 heteroatoms. The number of nitrogens with one attached hydrogen (secondary N) is 1. The van der Waals surface area contributed by atoms with Crippen molar-refractivity contribution in [3.8, 4) is 0 Å². The van der Waals surface area contributed by atoms with Crippen LogP contribution in [0.25, 0.3) is 0 Å². The summed E-state index contributed by atoms with van der Waals surface area (Å²) in [5, 5.41) is 28.1. The van der Waals surface area contributed by atoms with E-state index in [0.717, 1.165) is 10.6 Å². The number of carboxylic acid groups (broad SMARTS) is 2. The molecule has 0 aliphatic carbocycles. The molecular weight excluding hydrogens is 304 g/mol. The van der Waals surface area contributed by atoms with E-state index in [1.54, 1.807) is 12.1 Å². The fourth-order valence-electron chi connectivity index (χ4n) is 1.54. The van der Waals surface area contributed by atoms with Crippen LogP contribution in [0.2, 0.25) is 0 Å². The van der Waals surface area contributed by atoms with Crippen LogP contribution in [0.15, 0.2) is 34.6 Å². The Hall–Kier alpha value is -2.97. The molecular formula is C14H18N4O5. The number of hydrogen-bond donors (Lipinski definition) is 3. The second-order valence-corrected chi connectivity index (χ2v) is 4.82. The van der Waals surface area contributed by atoms with Crippen LogP contribution in [-0.4, -0.2) is 46.3 Å². The van der Waals surface area contributed by atoms with Crippen molar-refractivity contribution in [3.05, 3.63) is 29.8 Å². The molecule has 3 N–H and O–H groups in total. The van der Waals surface area contributed by atoms with Crippen molar-refractivity contribution in [2.45, 2.75) is 25.8 Å². The van der Waals surface area contributed by atoms with Gasteiger partial charge in [-0.1, -0.05) is 22.9 Å². The van der Waals surface area contributed by atoms with Crippen molar-refractivity contribution in [1.82, 2.24) is 10.3 Å². The van der Waals surface area contributed by atoms with E-state index in [1.807, 2.05) is 19.1 Å². The van der Waals surface area contributed by atoms with Crippen molar-refractivity contribution in [2.75, 3.05) is 7.05 Å². The smallest absolute Gasteiger partial charge is 0.339 e. The standard InChI is InChI=1S/C14H18N4O5/c1-9-3-5-10(6-4-9)16-17-18(2)14(23)15-11(13(21)22)7-8-12(19)20/h3-6,11H,7-8H2,1-2H3,(H,15,23)(H,19,20)(H,21,22)/t11-/m0/s1. The highest BCUT2D eigenvalue weighted by Crippen LogP contribution is 2.13. The Balaban J connectivity index is 2.61. The van der Waals surface area contributed by atoms with Gasteiger partial charge in [0.15, 0.2) is 0 Å². The van der Waals surface area contributed by atoms with Gasteiger partial charge in [0.1, 0.15) is 6.04 Å². The van der Waals surface area contributed by atoms with Crippen LogP contribution in [0.4, 0.5) is 10.5 Å². The van der Waals surface area contributed by atoms with E-state index in [4.69, 9.17) is 10.2 Å². The summed E-state index contributed by atoms with van der Waals surface area (Å²) in [6.07, 6.45) is -0.592. The predicted octanol–water partition coefficient (Wildman–Crippen LogP) is 1.95. The van der Waals surface area contributed by atoms with Crippen molar-refractivity contribution in [1.29, 1.82) is 0 Å². The summed E-state index contributed by atoms with van der Waals surface area (Å²) in [6.45, 7) is 1.92. The van der Waals surface area contributed by atoms with E-state index >= 15 is 0 Å². The Kier molecular flexibility index (Phi) is 6.66. The summed E-state index contributed by atoms with van der Waals surface area (Å²) in [4.78, 5) is 33.3. The molecule has 1 aromatic carbocycles. The number of aliphatic carboxylic acids is 2. The largest absolute Gasteiger partial charge is 0.481 e. The molecule has 0 unspecified atom stereocenters. The Morgan fingerprint density at radius 2 is 1.83 bits per heavy atom. The van der Waals surface area contributed by atoms with Gasteiger partial charge in [-0.15, -0.1) is 5.11 Å². The first kappa shape index (κ1) is 18.1. The van der Waals surface area contributed by atoms with Gasteiger partial charge in [-0.2, -0.15) is 5.01 Å². The summed E-state index contributed by atoms with van der Waals surface area (Å²) < 4.78 is 0. The number of carbonyl (C=O) groups excluding carboxylic acids is 1. The summed E-state index contributed by atoms with van der Waals surface area (Å²) in [6, 6.07) is 5.01. The van der Waals surface area contributed by atoms with Crippen molar-refractivity contribution in [3.63, 3.8) is 0 Å². The van der Waals surface area contributed by atoms with Gasteiger partial charge in [0, 0.05) is 13.5 Å². The number of urea groups is 1. The second kappa shape index (κ2) is 8.47. The summed E-state index contributed by atoms with van der Waals surface area (Å²) in [7, 11) is 1.31. The highest BCUT2D eigenvalue weighted by atomic mass is 16.4. The third kappa shape index (κ3) is 6.55. The lowest BCUT2D eigenvalue weighted by atomic mass is 10.1. The predicted molar refractivity (Wildman–Crippen MR) is 80.3 cm³/mol. The summed E-state index contributed by atoms with van der Waals surface area (Å²) in [5.41, 5.74) is 1.59. The number of benzene rings is 1. The molecule has 0 aliphatic rings. The van der Waals surface area contributed by atoms with E-state index in [-0.39, 0.29) is 12.8 Å². The first-order valence-corrected chi connectivity index (χ1v) is 6.76. The lowest BCUT2D eigenvalue weighted by Gasteiger charge is -2.16. The van der Waals surface area contributed by atoms with Gasteiger partial charge in [-0.25, -0.2) is 9.59 Å². The summed E-state index contributed by atoms with van der Waals surface area (Å²) >= 11 is 0. The molecule has 9 nitrogen and oxygen atoms in total. The minimum Gasteiger partial charge on any atom is -0.481 e. The number of aryl methyl sites for hydroxylation is 1. The minimum atomic E-state index is -1.32. The Morgan fingerprint density at radius 1 is 1.22 bits per heavy atom. The SMILES string of the molecule is Cc1ccc(N=NN(C)C(=O)N[C@@H](CCC(=O)O)C(=O)O)cc1. The lowest BCUT2D eigenvalue weighted by molar-refractivity contribution is -0.140. The van der Waals surface area contributed by atoms with Gasteiger partial charge >= 0.3 is 18.0 Å². The molecule has 0 saturated heterocycles. The van der Waals surface area contributed by atoms with E-state index in [9.17, 15) is 14.4 Å². The second-order valence-electron chi connectivity index (χ2n) is 4.82. The average molecular weight is 322 g/mol. The van der Waals surface area contributed by atoms with Crippen LogP contribution in [0.5, 0.6) is 0 Å². The number of hydrogen-bond acceptors (Lipinski definition) is 5. The molecule has 1 rings (SSSR count). The molecule has 0 heterocycles. The molecule has 0 radical (unpaired) electrons. The number of carbonyl (C=O) groups is 3. The fourth-order valence-corrected chi connectivity index (χ4v) is 1.54. The molecule has 23 heavy (non-hydrogen) atoms. The zero-order valence-corrected chi connectivity index (χ0v) is 12.8. The van der Waals surface area contributed by atoms with E-state index < -0.39 is 24.0 Å². The zero-order valence-electron chi connectivity index (χ0n) is 12.8. The first-order valence-electron chi connectivity index (χ1n) is 6.76. The maximum atomic E-state index is 11.8. The van der Waals surface area contributed by atoms with Crippen LogP contribution in [-0.2, 0) is 9.59 Å². The van der Waals surface area contributed by atoms with Crippen LogP contribution < -0.4 is 5.32 Å². The van der Waals surface area contributed by atoms with Crippen LogP contribution in [0, 0.1) is 6.92 Å². The van der Waals surface area contributed by atoms with Gasteiger partial charge in [-0.3, -0.25) is 4.79 Å². The fraction of sp³-hybridized carbons (Fsp3) is 0.357. The number of carboxylic acids is 2. The molecule has 124 valence electrons. The van der Waals surface area contributed by atoms with Gasteiger partial charge < -0.3 is 15.5 Å². The number of rotatable bonds is 7. The van der Waals surface area contributed by atoms with Gasteiger partial charge in [0.2, 0.25) is 0 Å². The Bertz CT molecular complexity index is 600. The molecule has 0 spiro atoms. The van der Waals surface area contributed by atoms with Crippen LogP contribution in [0.3, 0.4) is 0 Å². The maximum Gasteiger partial charge on any atom is 0.339 e. The van der Waals surface area contributed by atoms with Crippen LogP contribution in [0.1, 0.15) is 18.4 Å². The highest BCUT2D eigenvalue weighted by Gasteiger charge is 2.22. The first-order chi connectivity index (χ1) is 10.8. The van der Waals surface area contributed by atoms with E-state index in [2.05, 4.69) is 15.7 Å². The molecule has 2 amide bonds. The maximum absolute atomic E-state index is 11.8. The molecule has 1 atom stereocenters. The molecule has 1 aromatic rings. The molecule has 0 saturated carbocycles. The van der Waals surface area contributed by atoms with Gasteiger partial charge in [0.05, 0.1) is 5.69 Å². The lowest BCUT2D eigenvalue weighted by Crippen LogP contribution is -2.45. The van der Waals surface area contributed by atoms with Gasteiger partial charge in [-0.05, 0) is 25.5 Å². The zero-order chi connectivity index (χ0) is 17.4. The summed E-state index contributed by atoms with van der Waals surface area (Å²) in [5.74, 6) is -2.46. The number of amides is 2. The monoisotopic (exact) mass is 322 g/mol. The van der Waals surface area contributed by atoms with Crippen molar-refractivity contribution < 1.29 is 24.6 Å². The highest BCUT2D eigenvalue weighted by molar-refractivity contribution is 5.82. The minimum absolute atomic E-state index is 0.223. The molecule has 0 bridgehead atoms. The number of nitrogens with zero attached hydrogens (tertiary/aromatic N) is 3. The quantitative estimate of drug-likeness (QED) is 0.521. The average Bonchev–Trinajstić information content (AvgIpc) is 2.49. The third-order valence-electron chi connectivity index (χ3n) is 2.86. The van der Waals surface area contributed by atoms with Gasteiger partial charge in [0.25, 0.3) is 0 Å². The van der Waals surface area contributed by atoms with Crippen LogP contribution >= 0.6 is 0 Å². The Labute approximate surface area is 132 Å². The van der Waals surface area contributed by atoms with Crippen molar-refractivity contribution in [2.24, 2.45) is 10.3 Å². The molecule has 0 fully saturated rings. The van der Waals surface area contributed by atoms with E-state index in [1.165, 1.54) is 7.05 Å². The van der Waals surface area contributed by atoms with E-state index in [0.29, 0.717) is 5.69 Å². The molecule has 0 aromatic heterocycles. The third-order valence-corrected chi connectivity index (χ3v) is 2.86.